The van der Waals surface area contributed by atoms with Crippen molar-refractivity contribution in [2.24, 2.45) is 0 Å². The molecule has 0 saturated carbocycles. The van der Waals surface area contributed by atoms with Crippen LogP contribution < -0.4 is 0 Å². The summed E-state index contributed by atoms with van der Waals surface area (Å²) < 4.78 is 20.4. The van der Waals surface area contributed by atoms with Gasteiger partial charge >= 0.3 is 0 Å². The fourth-order valence-electron chi connectivity index (χ4n) is 2.72. The smallest absolute Gasteiger partial charge is 0.183 e. The van der Waals surface area contributed by atoms with E-state index in [0.29, 0.717) is 26.1 Å². The average molecular weight is 387 g/mol. The monoisotopic (exact) mass is 386 g/mol. The standard InChI is InChI=1S/C19H12ClFN2O2S/c20-15-8-7-14(26-15)19-16(18(24)11-4-3-9-22-10-11)17(23-25-19)12-5-1-2-6-13(12)21/h1-10,18,24H. The molecular weight excluding hydrogens is 375 g/mol. The Labute approximate surface area is 157 Å². The normalized spacial score (nSPS) is 12.3. The Morgan fingerprint density at radius 2 is 1.96 bits per heavy atom. The zero-order valence-corrected chi connectivity index (χ0v) is 14.8. The molecule has 1 unspecified atom stereocenters. The summed E-state index contributed by atoms with van der Waals surface area (Å²) in [5.74, 6) is -0.0901. The zero-order chi connectivity index (χ0) is 18.1. The van der Waals surface area contributed by atoms with Crippen molar-refractivity contribution in [3.63, 3.8) is 0 Å². The first-order chi connectivity index (χ1) is 12.6. The highest BCUT2D eigenvalue weighted by Gasteiger charge is 2.28. The lowest BCUT2D eigenvalue weighted by Gasteiger charge is -2.12. The van der Waals surface area contributed by atoms with Crippen LogP contribution in [0.1, 0.15) is 17.2 Å². The van der Waals surface area contributed by atoms with E-state index in [1.165, 1.54) is 17.4 Å². The van der Waals surface area contributed by atoms with Crippen LogP contribution in [0.25, 0.3) is 21.9 Å². The zero-order valence-electron chi connectivity index (χ0n) is 13.3. The molecule has 7 heteroatoms. The predicted molar refractivity (Wildman–Crippen MR) is 98.5 cm³/mol. The Morgan fingerprint density at radius 3 is 2.65 bits per heavy atom. The van der Waals surface area contributed by atoms with Gasteiger partial charge in [0.25, 0.3) is 0 Å². The summed E-state index contributed by atoms with van der Waals surface area (Å²) in [6.07, 6.45) is 2.08. The van der Waals surface area contributed by atoms with E-state index in [2.05, 4.69) is 10.1 Å². The van der Waals surface area contributed by atoms with E-state index >= 15 is 0 Å². The van der Waals surface area contributed by atoms with E-state index < -0.39 is 11.9 Å². The summed E-state index contributed by atoms with van der Waals surface area (Å²) in [4.78, 5) is 4.74. The van der Waals surface area contributed by atoms with Crippen molar-refractivity contribution in [2.75, 3.05) is 0 Å². The number of rotatable bonds is 4. The number of pyridine rings is 1. The molecule has 0 bridgehead atoms. The molecule has 3 aromatic heterocycles. The number of thiophene rings is 1. The minimum absolute atomic E-state index is 0.249. The van der Waals surface area contributed by atoms with Crippen LogP contribution >= 0.6 is 22.9 Å². The minimum Gasteiger partial charge on any atom is -0.383 e. The van der Waals surface area contributed by atoms with Gasteiger partial charge in [0.15, 0.2) is 5.76 Å². The summed E-state index contributed by atoms with van der Waals surface area (Å²) in [6, 6.07) is 13.2. The molecule has 0 aliphatic heterocycles. The SMILES string of the molecule is OC(c1cccnc1)c1c(-c2ccccc2F)noc1-c1ccc(Cl)s1. The lowest BCUT2D eigenvalue weighted by Crippen LogP contribution is -2.03. The van der Waals surface area contributed by atoms with E-state index in [4.69, 9.17) is 16.1 Å². The fraction of sp³-hybridized carbons (Fsp3) is 0.0526. The third-order valence-electron chi connectivity index (χ3n) is 3.93. The second-order valence-corrected chi connectivity index (χ2v) is 7.26. The molecule has 130 valence electrons. The fourth-order valence-corrected chi connectivity index (χ4v) is 3.75. The molecule has 0 radical (unpaired) electrons. The molecule has 1 N–H and O–H groups in total. The molecule has 0 spiro atoms. The first-order valence-corrected chi connectivity index (χ1v) is 8.92. The number of nitrogens with zero attached hydrogens (tertiary/aromatic N) is 2. The highest BCUT2D eigenvalue weighted by molar-refractivity contribution is 7.19. The molecular formula is C19H12ClFN2O2S. The third-order valence-corrected chi connectivity index (χ3v) is 5.16. The Hall–Kier alpha value is -2.54. The van der Waals surface area contributed by atoms with Gasteiger partial charge in [-0.25, -0.2) is 4.39 Å². The van der Waals surface area contributed by atoms with Gasteiger partial charge in [0.1, 0.15) is 17.6 Å². The number of aliphatic hydroxyl groups is 1. The molecule has 0 fully saturated rings. The van der Waals surface area contributed by atoms with Crippen molar-refractivity contribution in [1.29, 1.82) is 0 Å². The van der Waals surface area contributed by atoms with Crippen molar-refractivity contribution in [2.45, 2.75) is 6.10 Å². The first-order valence-electron chi connectivity index (χ1n) is 7.73. The molecule has 26 heavy (non-hydrogen) atoms. The number of benzene rings is 1. The Kier molecular flexibility index (Phi) is 4.55. The van der Waals surface area contributed by atoms with Crippen LogP contribution in [-0.4, -0.2) is 15.2 Å². The number of halogens is 2. The van der Waals surface area contributed by atoms with Gasteiger partial charge in [-0.15, -0.1) is 11.3 Å². The van der Waals surface area contributed by atoms with Crippen molar-refractivity contribution < 1.29 is 14.0 Å². The van der Waals surface area contributed by atoms with Gasteiger partial charge in [0.2, 0.25) is 0 Å². The maximum Gasteiger partial charge on any atom is 0.183 e. The van der Waals surface area contributed by atoms with Gasteiger partial charge in [-0.2, -0.15) is 0 Å². The second-order valence-electron chi connectivity index (χ2n) is 5.55. The third kappa shape index (κ3) is 3.03. The molecule has 4 nitrogen and oxygen atoms in total. The predicted octanol–water partition coefficient (Wildman–Crippen LogP) is 5.34. The molecule has 4 aromatic rings. The van der Waals surface area contributed by atoms with Crippen LogP contribution in [-0.2, 0) is 0 Å². The van der Waals surface area contributed by atoms with E-state index in [-0.39, 0.29) is 11.3 Å². The van der Waals surface area contributed by atoms with E-state index in [1.807, 2.05) is 0 Å². The second kappa shape index (κ2) is 6.99. The number of hydrogen-bond acceptors (Lipinski definition) is 5. The first kappa shape index (κ1) is 16.9. The van der Waals surface area contributed by atoms with E-state index in [1.54, 1.807) is 54.9 Å². The Balaban J connectivity index is 1.93. The maximum absolute atomic E-state index is 14.3. The molecule has 1 aromatic carbocycles. The van der Waals surface area contributed by atoms with E-state index in [0.717, 1.165) is 0 Å². The Morgan fingerprint density at radius 1 is 1.12 bits per heavy atom. The van der Waals surface area contributed by atoms with Gasteiger partial charge in [0.05, 0.1) is 14.8 Å². The number of aromatic nitrogens is 2. The van der Waals surface area contributed by atoms with Crippen LogP contribution in [0.5, 0.6) is 0 Å². The van der Waals surface area contributed by atoms with Crippen molar-refractivity contribution in [3.8, 4) is 21.9 Å². The molecule has 0 saturated heterocycles. The van der Waals surface area contributed by atoms with Crippen LogP contribution in [0, 0.1) is 5.82 Å². The molecule has 3 heterocycles. The van der Waals surface area contributed by atoms with Crippen LogP contribution in [0.2, 0.25) is 4.34 Å². The number of hydrogen-bond donors (Lipinski definition) is 1. The summed E-state index contributed by atoms with van der Waals surface area (Å²) in [5, 5.41) is 15.0. The summed E-state index contributed by atoms with van der Waals surface area (Å²) in [6.45, 7) is 0. The van der Waals surface area contributed by atoms with Crippen LogP contribution in [0.4, 0.5) is 4.39 Å². The quantitative estimate of drug-likeness (QED) is 0.514. The summed E-state index contributed by atoms with van der Waals surface area (Å²) >= 11 is 7.32. The average Bonchev–Trinajstić information content (AvgIpc) is 3.28. The van der Waals surface area contributed by atoms with Gasteiger partial charge < -0.3 is 9.63 Å². The van der Waals surface area contributed by atoms with Gasteiger partial charge in [-0.05, 0) is 30.3 Å². The molecule has 0 aliphatic rings. The molecule has 0 amide bonds. The molecule has 4 rings (SSSR count). The molecule has 0 aliphatic carbocycles. The highest BCUT2D eigenvalue weighted by atomic mass is 35.5. The van der Waals surface area contributed by atoms with Gasteiger partial charge in [-0.3, -0.25) is 4.98 Å². The van der Waals surface area contributed by atoms with Crippen molar-refractivity contribution in [1.82, 2.24) is 10.1 Å². The number of aliphatic hydroxyl groups excluding tert-OH is 1. The molecule has 1 atom stereocenters. The van der Waals surface area contributed by atoms with E-state index in [9.17, 15) is 9.50 Å². The highest BCUT2D eigenvalue weighted by Crippen LogP contribution is 2.42. The van der Waals surface area contributed by atoms with Crippen molar-refractivity contribution in [3.05, 3.63) is 82.2 Å². The largest absolute Gasteiger partial charge is 0.383 e. The van der Waals surface area contributed by atoms with Crippen LogP contribution in [0.3, 0.4) is 0 Å². The lowest BCUT2D eigenvalue weighted by molar-refractivity contribution is 0.220. The lowest BCUT2D eigenvalue weighted by atomic mass is 9.96. The minimum atomic E-state index is -1.08. The van der Waals surface area contributed by atoms with Gasteiger partial charge in [-0.1, -0.05) is 35.0 Å². The maximum atomic E-state index is 14.3. The van der Waals surface area contributed by atoms with Crippen molar-refractivity contribution >= 4 is 22.9 Å². The Bertz CT molecular complexity index is 1050. The van der Waals surface area contributed by atoms with Gasteiger partial charge in [0, 0.05) is 23.5 Å². The van der Waals surface area contributed by atoms with Crippen LogP contribution in [0.15, 0.2) is 65.4 Å². The summed E-state index contributed by atoms with van der Waals surface area (Å²) in [5.41, 5.74) is 1.43. The summed E-state index contributed by atoms with van der Waals surface area (Å²) in [7, 11) is 0. The topological polar surface area (TPSA) is 59.2 Å².